The molecule has 2 atom stereocenters. The Morgan fingerprint density at radius 3 is 3.04 bits per heavy atom. The molecule has 0 aromatic carbocycles. The zero-order valence-corrected chi connectivity index (χ0v) is 14.1. The fraction of sp³-hybridized carbons (Fsp3) is 0.529. The minimum absolute atomic E-state index is 0.183. The number of likely N-dealkylation sites (tertiary alicyclic amines) is 1. The lowest BCUT2D eigenvalue weighted by Gasteiger charge is -2.48. The van der Waals surface area contributed by atoms with Crippen molar-refractivity contribution >= 4 is 27.6 Å². The third-order valence-electron chi connectivity index (χ3n) is 4.93. The van der Waals surface area contributed by atoms with Gasteiger partial charge in [0.1, 0.15) is 22.0 Å². The molecule has 1 spiro atoms. The molecule has 24 heavy (non-hydrogen) atoms. The quantitative estimate of drug-likeness (QED) is 0.796. The third-order valence-corrected chi connectivity index (χ3v) is 5.89. The monoisotopic (exact) mass is 342 g/mol. The number of thiazole rings is 1. The van der Waals surface area contributed by atoms with Gasteiger partial charge in [-0.25, -0.2) is 9.97 Å². The molecule has 6 nitrogen and oxygen atoms in total. The van der Waals surface area contributed by atoms with E-state index >= 15 is 0 Å². The van der Waals surface area contributed by atoms with Crippen LogP contribution < -0.4 is 0 Å². The number of amides is 1. The topological polar surface area (TPSA) is 79.1 Å². The zero-order chi connectivity index (χ0) is 16.6. The first-order valence-corrected chi connectivity index (χ1v) is 9.11. The highest BCUT2D eigenvalue weighted by molar-refractivity contribution is 7.19. The van der Waals surface area contributed by atoms with E-state index in [9.17, 15) is 10.1 Å². The van der Waals surface area contributed by atoms with Gasteiger partial charge in [0, 0.05) is 19.3 Å². The molecule has 7 heteroatoms. The molecule has 0 saturated carbocycles. The van der Waals surface area contributed by atoms with Crippen molar-refractivity contribution in [3.8, 4) is 6.07 Å². The third kappa shape index (κ3) is 2.46. The molecular weight excluding hydrogens is 324 g/mol. The maximum atomic E-state index is 13.0. The van der Waals surface area contributed by atoms with Crippen molar-refractivity contribution in [2.75, 3.05) is 13.2 Å². The Morgan fingerprint density at radius 1 is 1.42 bits per heavy atom. The largest absolute Gasteiger partial charge is 0.372 e. The highest BCUT2D eigenvalue weighted by Gasteiger charge is 2.49. The predicted octanol–water partition coefficient (Wildman–Crippen LogP) is 2.76. The summed E-state index contributed by atoms with van der Waals surface area (Å²) < 4.78 is 6.04. The van der Waals surface area contributed by atoms with Crippen molar-refractivity contribution in [3.05, 3.63) is 23.3 Å². The normalized spacial score (nSPS) is 27.3. The van der Waals surface area contributed by atoms with Crippen LogP contribution in [0.1, 0.15) is 41.9 Å². The molecule has 0 bridgehead atoms. The number of fused-ring (bicyclic) bond motifs is 1. The van der Waals surface area contributed by atoms with Crippen LogP contribution in [0.25, 0.3) is 10.3 Å². The molecule has 124 valence electrons. The predicted molar refractivity (Wildman–Crippen MR) is 89.6 cm³/mol. The number of hydrogen-bond acceptors (Lipinski definition) is 6. The van der Waals surface area contributed by atoms with E-state index in [1.165, 1.54) is 11.3 Å². The lowest BCUT2D eigenvalue weighted by Crippen LogP contribution is -2.60. The Kier molecular flexibility index (Phi) is 3.94. The van der Waals surface area contributed by atoms with Gasteiger partial charge in [-0.05, 0) is 44.2 Å². The average molecular weight is 342 g/mol. The second-order valence-corrected chi connectivity index (χ2v) is 7.33. The fourth-order valence-corrected chi connectivity index (χ4v) is 4.64. The number of piperidine rings is 1. The molecule has 2 aromatic rings. The molecule has 2 aliphatic heterocycles. The molecule has 2 fully saturated rings. The Hall–Kier alpha value is -2.04. The van der Waals surface area contributed by atoms with E-state index in [0.29, 0.717) is 18.2 Å². The van der Waals surface area contributed by atoms with E-state index in [-0.39, 0.29) is 5.91 Å². The van der Waals surface area contributed by atoms with Crippen molar-refractivity contribution in [3.63, 3.8) is 0 Å². The fourth-order valence-electron chi connectivity index (χ4n) is 3.78. The maximum Gasteiger partial charge on any atom is 0.284 e. The van der Waals surface area contributed by atoms with Gasteiger partial charge in [0.2, 0.25) is 0 Å². The van der Waals surface area contributed by atoms with Crippen LogP contribution in [0.2, 0.25) is 0 Å². The number of hydrogen-bond donors (Lipinski definition) is 0. The molecule has 2 aromatic heterocycles. The van der Waals surface area contributed by atoms with Gasteiger partial charge in [-0.1, -0.05) is 11.3 Å². The van der Waals surface area contributed by atoms with E-state index < -0.39 is 11.6 Å². The van der Waals surface area contributed by atoms with Crippen LogP contribution in [0.4, 0.5) is 0 Å². The lowest BCUT2D eigenvalue weighted by atomic mass is 9.79. The number of carbonyl (C=O) groups is 1. The van der Waals surface area contributed by atoms with Crippen molar-refractivity contribution in [1.29, 1.82) is 5.26 Å². The summed E-state index contributed by atoms with van der Waals surface area (Å²) in [7, 11) is 0. The Bertz CT molecular complexity index is 768. The molecule has 2 aliphatic rings. The van der Waals surface area contributed by atoms with Crippen LogP contribution in [0.5, 0.6) is 0 Å². The summed E-state index contributed by atoms with van der Waals surface area (Å²) in [5.41, 5.74) is 0.218. The van der Waals surface area contributed by atoms with E-state index in [0.717, 1.165) is 42.5 Å². The molecule has 0 aliphatic carbocycles. The van der Waals surface area contributed by atoms with Crippen LogP contribution in [-0.4, -0.2) is 45.6 Å². The van der Waals surface area contributed by atoms with E-state index in [2.05, 4.69) is 16.0 Å². The van der Waals surface area contributed by atoms with Gasteiger partial charge >= 0.3 is 0 Å². The summed E-state index contributed by atoms with van der Waals surface area (Å²) in [6, 6.07) is 5.45. The number of nitriles is 1. The molecule has 4 rings (SSSR count). The summed E-state index contributed by atoms with van der Waals surface area (Å²) in [6.07, 6.45) is 6.31. The standard InChI is InChI=1S/C17H18N4O2S/c18-11-13-17(6-1-2-10-23-17)7-4-9-21(13)16(22)15-20-12-5-3-8-19-14(12)24-15/h3,5,8,13H,1-2,4,6-7,9-10H2/t13-,17-/m1/s1. The molecule has 2 saturated heterocycles. The van der Waals surface area contributed by atoms with Crippen LogP contribution >= 0.6 is 11.3 Å². The molecule has 4 heterocycles. The van der Waals surface area contributed by atoms with Gasteiger partial charge in [-0.3, -0.25) is 4.79 Å². The highest BCUT2D eigenvalue weighted by atomic mass is 32.1. The number of ether oxygens (including phenoxy) is 1. The van der Waals surface area contributed by atoms with E-state index in [4.69, 9.17) is 4.74 Å². The first-order chi connectivity index (χ1) is 11.7. The van der Waals surface area contributed by atoms with Crippen LogP contribution in [0, 0.1) is 11.3 Å². The number of nitrogens with zero attached hydrogens (tertiary/aromatic N) is 4. The second kappa shape index (κ2) is 6.11. The number of carbonyl (C=O) groups excluding carboxylic acids is 1. The SMILES string of the molecule is N#C[C@H]1N(C(=O)c2nc3cccnc3s2)CCC[C@]12CCCCO2. The average Bonchev–Trinajstić information content (AvgIpc) is 3.05. The van der Waals surface area contributed by atoms with Crippen LogP contribution in [0.15, 0.2) is 18.3 Å². The van der Waals surface area contributed by atoms with E-state index in [1.54, 1.807) is 17.2 Å². The second-order valence-electron chi connectivity index (χ2n) is 6.35. The Morgan fingerprint density at radius 2 is 2.29 bits per heavy atom. The first kappa shape index (κ1) is 15.5. The van der Waals surface area contributed by atoms with E-state index in [1.807, 2.05) is 6.07 Å². The van der Waals surface area contributed by atoms with Crippen molar-refractivity contribution in [1.82, 2.24) is 14.9 Å². The van der Waals surface area contributed by atoms with Gasteiger partial charge in [-0.15, -0.1) is 0 Å². The van der Waals surface area contributed by atoms with Crippen molar-refractivity contribution in [2.24, 2.45) is 0 Å². The molecule has 1 amide bonds. The number of pyridine rings is 1. The number of rotatable bonds is 1. The van der Waals surface area contributed by atoms with Gasteiger partial charge in [0.25, 0.3) is 5.91 Å². The van der Waals surface area contributed by atoms with Gasteiger partial charge in [0.05, 0.1) is 6.07 Å². The Labute approximate surface area is 144 Å². The van der Waals surface area contributed by atoms with Crippen molar-refractivity contribution in [2.45, 2.75) is 43.7 Å². The summed E-state index contributed by atoms with van der Waals surface area (Å²) in [6.45, 7) is 1.25. The summed E-state index contributed by atoms with van der Waals surface area (Å²) >= 11 is 1.28. The van der Waals surface area contributed by atoms with Gasteiger partial charge < -0.3 is 9.64 Å². The smallest absolute Gasteiger partial charge is 0.284 e. The Balaban J connectivity index is 1.66. The molecule has 0 radical (unpaired) electrons. The van der Waals surface area contributed by atoms with Gasteiger partial charge in [0.15, 0.2) is 5.01 Å². The summed E-state index contributed by atoms with van der Waals surface area (Å²) in [4.78, 5) is 24.1. The van der Waals surface area contributed by atoms with Crippen molar-refractivity contribution < 1.29 is 9.53 Å². The molecule has 0 N–H and O–H groups in total. The first-order valence-electron chi connectivity index (χ1n) is 8.30. The summed E-state index contributed by atoms with van der Waals surface area (Å²) in [5.74, 6) is -0.183. The minimum Gasteiger partial charge on any atom is -0.372 e. The lowest BCUT2D eigenvalue weighted by molar-refractivity contribution is -0.128. The number of aromatic nitrogens is 2. The minimum atomic E-state index is -0.543. The maximum absolute atomic E-state index is 13.0. The zero-order valence-electron chi connectivity index (χ0n) is 13.3. The van der Waals surface area contributed by atoms with Gasteiger partial charge in [-0.2, -0.15) is 5.26 Å². The van der Waals surface area contributed by atoms with Crippen LogP contribution in [-0.2, 0) is 4.74 Å². The molecule has 0 unspecified atom stereocenters. The highest BCUT2D eigenvalue weighted by Crippen LogP contribution is 2.39. The molecular formula is C17H18N4O2S. The summed E-state index contributed by atoms with van der Waals surface area (Å²) in [5, 5.41) is 10.2. The van der Waals surface area contributed by atoms with Crippen LogP contribution in [0.3, 0.4) is 0 Å².